The molecule has 0 spiro atoms. The molecule has 2 rings (SSSR count). The summed E-state index contributed by atoms with van der Waals surface area (Å²) in [6.45, 7) is 3.90. The normalized spacial score (nSPS) is 12.8. The van der Waals surface area contributed by atoms with Crippen molar-refractivity contribution in [1.29, 1.82) is 0 Å². The predicted molar refractivity (Wildman–Crippen MR) is 91.3 cm³/mol. The van der Waals surface area contributed by atoms with E-state index in [0.717, 1.165) is 5.56 Å². The van der Waals surface area contributed by atoms with E-state index in [2.05, 4.69) is 9.97 Å². The van der Waals surface area contributed by atoms with Gasteiger partial charge in [0, 0.05) is 10.7 Å². The minimum atomic E-state index is -0.424. The number of methoxy groups -OCH3 is 2. The smallest absolute Gasteiger partial charge is 0.220 e. The van der Waals surface area contributed by atoms with Crippen molar-refractivity contribution >= 4 is 11.8 Å². The van der Waals surface area contributed by atoms with Crippen molar-refractivity contribution in [3.05, 3.63) is 41.7 Å². The van der Waals surface area contributed by atoms with Crippen LogP contribution in [0.4, 0.5) is 4.39 Å². The van der Waals surface area contributed by atoms with Gasteiger partial charge in [-0.1, -0.05) is 37.7 Å². The number of rotatable bonds is 7. The van der Waals surface area contributed by atoms with Crippen molar-refractivity contribution in [3.63, 3.8) is 0 Å². The molecule has 1 aromatic carbocycles. The molecule has 1 unspecified atom stereocenters. The Balaban J connectivity index is 2.29. The van der Waals surface area contributed by atoms with E-state index in [-0.39, 0.29) is 17.7 Å². The Kier molecular flexibility index (Phi) is 6.01. The summed E-state index contributed by atoms with van der Waals surface area (Å²) >= 11 is 1.33. The van der Waals surface area contributed by atoms with E-state index in [9.17, 15) is 9.50 Å². The molecule has 0 radical (unpaired) electrons. The van der Waals surface area contributed by atoms with Crippen LogP contribution in [0.1, 0.15) is 19.4 Å². The van der Waals surface area contributed by atoms with Gasteiger partial charge in [-0.3, -0.25) is 0 Å². The minimum Gasteiger partial charge on any atom is -0.481 e. The van der Waals surface area contributed by atoms with Crippen LogP contribution in [0.25, 0.3) is 0 Å². The number of halogens is 1. The fourth-order valence-corrected chi connectivity index (χ4v) is 3.30. The van der Waals surface area contributed by atoms with Gasteiger partial charge in [-0.2, -0.15) is 9.97 Å². The third-order valence-corrected chi connectivity index (χ3v) is 5.30. The van der Waals surface area contributed by atoms with Crippen LogP contribution in [0.15, 0.2) is 35.5 Å². The first-order valence-electron chi connectivity index (χ1n) is 7.41. The van der Waals surface area contributed by atoms with Gasteiger partial charge in [0.05, 0.1) is 26.9 Å². The molecule has 1 aromatic heterocycles. The maximum atomic E-state index is 13.2. The van der Waals surface area contributed by atoms with E-state index in [0.29, 0.717) is 16.9 Å². The first-order valence-corrected chi connectivity index (χ1v) is 8.29. The fraction of sp³-hybridized carbons (Fsp3) is 0.412. The number of ether oxygens (including phenoxy) is 2. The number of nitrogens with zero attached hydrogens (tertiary/aromatic N) is 2. The number of thioether (sulfide) groups is 1. The highest BCUT2D eigenvalue weighted by Gasteiger charge is 2.33. The topological polar surface area (TPSA) is 64.5 Å². The molecule has 0 amide bonds. The molecule has 0 fully saturated rings. The molecule has 1 heterocycles. The van der Waals surface area contributed by atoms with Crippen LogP contribution in [-0.2, 0) is 5.41 Å². The summed E-state index contributed by atoms with van der Waals surface area (Å²) in [5.41, 5.74) is 0.498. The molecular formula is C17H21FN2O3S. The molecule has 0 saturated carbocycles. The first kappa shape index (κ1) is 18.5. The minimum absolute atomic E-state index is 0.0854. The summed E-state index contributed by atoms with van der Waals surface area (Å²) in [6, 6.07) is 7.88. The molecule has 130 valence electrons. The molecule has 7 heteroatoms. The molecule has 0 saturated heterocycles. The Morgan fingerprint density at radius 3 is 2.12 bits per heavy atom. The number of hydrogen-bond acceptors (Lipinski definition) is 6. The highest BCUT2D eigenvalue weighted by Crippen LogP contribution is 2.38. The van der Waals surface area contributed by atoms with Gasteiger partial charge in [-0.05, 0) is 17.7 Å². The Morgan fingerprint density at radius 2 is 1.67 bits per heavy atom. The number of hydrogen-bond donors (Lipinski definition) is 1. The third-order valence-electron chi connectivity index (χ3n) is 3.88. The second-order valence-corrected chi connectivity index (χ2v) is 6.92. The number of benzene rings is 1. The molecule has 0 aliphatic carbocycles. The molecular weight excluding hydrogens is 331 g/mol. The van der Waals surface area contributed by atoms with Crippen LogP contribution in [-0.4, -0.2) is 41.2 Å². The number of aliphatic hydroxyl groups is 1. The van der Waals surface area contributed by atoms with Crippen LogP contribution in [0.2, 0.25) is 0 Å². The van der Waals surface area contributed by atoms with Gasteiger partial charge in [0.25, 0.3) is 0 Å². The lowest BCUT2D eigenvalue weighted by Crippen LogP contribution is -2.34. The first-order chi connectivity index (χ1) is 11.4. The molecule has 0 aliphatic heterocycles. The molecule has 24 heavy (non-hydrogen) atoms. The zero-order valence-corrected chi connectivity index (χ0v) is 14.9. The second kappa shape index (κ2) is 7.81. The molecule has 0 bridgehead atoms. The van der Waals surface area contributed by atoms with Gasteiger partial charge in [0.1, 0.15) is 5.82 Å². The average molecular weight is 352 g/mol. The molecule has 1 atom stereocenters. The zero-order valence-electron chi connectivity index (χ0n) is 14.1. The second-order valence-electron chi connectivity index (χ2n) is 5.75. The number of aromatic nitrogens is 2. The lowest BCUT2D eigenvalue weighted by molar-refractivity contribution is 0.260. The fourth-order valence-electron chi connectivity index (χ4n) is 2.25. The van der Waals surface area contributed by atoms with Crippen LogP contribution in [0.3, 0.4) is 0 Å². The molecule has 2 aromatic rings. The van der Waals surface area contributed by atoms with E-state index in [1.165, 1.54) is 38.1 Å². The van der Waals surface area contributed by atoms with Gasteiger partial charge in [-0.15, -0.1) is 0 Å². The lowest BCUT2D eigenvalue weighted by Gasteiger charge is -2.32. The number of aliphatic hydroxyl groups excluding tert-OH is 1. The quantitative estimate of drug-likeness (QED) is 0.610. The van der Waals surface area contributed by atoms with Crippen molar-refractivity contribution < 1.29 is 19.0 Å². The maximum absolute atomic E-state index is 13.2. The SMILES string of the molecule is COc1cc(OC)nc(SC(CO)C(C)(C)c2ccc(F)cc2)n1. The molecule has 0 aliphatic rings. The van der Waals surface area contributed by atoms with Gasteiger partial charge in [0.2, 0.25) is 11.8 Å². The predicted octanol–water partition coefficient (Wildman–Crippen LogP) is 3.06. The summed E-state index contributed by atoms with van der Waals surface area (Å²) < 4.78 is 23.5. The largest absolute Gasteiger partial charge is 0.481 e. The summed E-state index contributed by atoms with van der Waals surface area (Å²) in [4.78, 5) is 8.57. The Hall–Kier alpha value is -1.86. The highest BCUT2D eigenvalue weighted by atomic mass is 32.2. The summed E-state index contributed by atoms with van der Waals surface area (Å²) in [7, 11) is 3.03. The van der Waals surface area contributed by atoms with E-state index < -0.39 is 5.41 Å². The standard InChI is InChI=1S/C17H21FN2O3S/c1-17(2,11-5-7-12(18)8-6-11)13(10-21)24-16-19-14(22-3)9-15(20-16)23-4/h5-9,13,21H,10H2,1-4H3. The van der Waals surface area contributed by atoms with Crippen molar-refractivity contribution in [3.8, 4) is 11.8 Å². The van der Waals surface area contributed by atoms with Gasteiger partial charge in [0.15, 0.2) is 5.16 Å². The molecule has 1 N–H and O–H groups in total. The zero-order chi connectivity index (χ0) is 17.7. The van der Waals surface area contributed by atoms with E-state index in [1.807, 2.05) is 13.8 Å². The summed E-state index contributed by atoms with van der Waals surface area (Å²) in [5, 5.41) is 10.1. The van der Waals surface area contributed by atoms with Crippen molar-refractivity contribution in [2.75, 3.05) is 20.8 Å². The van der Waals surface area contributed by atoms with Crippen LogP contribution >= 0.6 is 11.8 Å². The van der Waals surface area contributed by atoms with Gasteiger partial charge < -0.3 is 14.6 Å². The Labute approximate surface area is 145 Å². The third kappa shape index (κ3) is 4.15. The van der Waals surface area contributed by atoms with Crippen LogP contribution < -0.4 is 9.47 Å². The van der Waals surface area contributed by atoms with Crippen molar-refractivity contribution in [1.82, 2.24) is 9.97 Å². The summed E-state index contributed by atoms with van der Waals surface area (Å²) in [5.74, 6) is 0.491. The Bertz CT molecular complexity index is 658. The highest BCUT2D eigenvalue weighted by molar-refractivity contribution is 7.99. The van der Waals surface area contributed by atoms with Gasteiger partial charge in [-0.25, -0.2) is 4.39 Å². The average Bonchev–Trinajstić information content (AvgIpc) is 2.59. The van der Waals surface area contributed by atoms with E-state index >= 15 is 0 Å². The monoisotopic (exact) mass is 352 g/mol. The maximum Gasteiger partial charge on any atom is 0.220 e. The van der Waals surface area contributed by atoms with Crippen molar-refractivity contribution in [2.24, 2.45) is 0 Å². The van der Waals surface area contributed by atoms with E-state index in [4.69, 9.17) is 9.47 Å². The van der Waals surface area contributed by atoms with Crippen molar-refractivity contribution in [2.45, 2.75) is 29.7 Å². The Morgan fingerprint density at radius 1 is 1.12 bits per heavy atom. The van der Waals surface area contributed by atoms with Gasteiger partial charge >= 0.3 is 0 Å². The molecule has 5 nitrogen and oxygen atoms in total. The lowest BCUT2D eigenvalue weighted by atomic mass is 9.81. The van der Waals surface area contributed by atoms with Crippen LogP contribution in [0.5, 0.6) is 11.8 Å². The van der Waals surface area contributed by atoms with E-state index in [1.54, 1.807) is 18.2 Å². The van der Waals surface area contributed by atoms with Crippen LogP contribution in [0, 0.1) is 5.82 Å². The summed E-state index contributed by atoms with van der Waals surface area (Å²) in [6.07, 6.45) is 0.